The molecular formula is C22H29NO3. The van der Waals surface area contributed by atoms with Gasteiger partial charge in [0.15, 0.2) is 0 Å². The molecule has 1 aromatic carbocycles. The first-order valence-corrected chi connectivity index (χ1v) is 9.95. The van der Waals surface area contributed by atoms with Gasteiger partial charge in [-0.25, -0.2) is 0 Å². The Labute approximate surface area is 155 Å². The average molecular weight is 355 g/mol. The lowest BCUT2D eigenvalue weighted by atomic mass is 9.49. The maximum atomic E-state index is 11.3. The van der Waals surface area contributed by atoms with Crippen molar-refractivity contribution in [2.24, 2.45) is 23.2 Å². The van der Waals surface area contributed by atoms with Crippen LogP contribution in [0, 0.1) is 34.5 Å². The third-order valence-electron chi connectivity index (χ3n) is 8.11. The van der Waals surface area contributed by atoms with E-state index in [1.807, 2.05) is 6.07 Å². The van der Waals surface area contributed by atoms with Crippen molar-refractivity contribution < 1.29 is 15.3 Å². The van der Waals surface area contributed by atoms with Crippen molar-refractivity contribution in [2.45, 2.75) is 70.0 Å². The average Bonchev–Trinajstić information content (AvgIpc) is 2.81. The molecule has 26 heavy (non-hydrogen) atoms. The number of nitriles is 1. The van der Waals surface area contributed by atoms with Gasteiger partial charge in [-0.15, -0.1) is 0 Å². The normalized spacial score (nSPS) is 43.9. The van der Waals surface area contributed by atoms with Crippen LogP contribution in [-0.4, -0.2) is 27.0 Å². The summed E-state index contributed by atoms with van der Waals surface area (Å²) in [5.41, 5.74) is 0.871. The molecule has 3 aliphatic carbocycles. The molecule has 0 heterocycles. The Morgan fingerprint density at radius 1 is 1.35 bits per heavy atom. The van der Waals surface area contributed by atoms with Gasteiger partial charge in [0.2, 0.25) is 0 Å². The molecule has 3 N–H and O–H groups in total. The highest BCUT2D eigenvalue weighted by Gasteiger charge is 2.66. The minimum atomic E-state index is -1.31. The van der Waals surface area contributed by atoms with E-state index in [0.29, 0.717) is 29.9 Å². The Balaban J connectivity index is 1.79. The third-order valence-corrected chi connectivity index (χ3v) is 8.11. The standard InChI is InChI=1S/C22H29NO3/c1-3-13-12-21(2)18(11-19(25)22(21,26)8-9-23)17-6-4-14-10-15(24)5-7-16(14)20(13)17/h5,7,10,13,17-20,24-26H,3-4,6,8,11-12H2,1-2H3/t13-,17-,18-,19+,20+,21-,22+/m0/s1. The number of aromatic hydroxyl groups is 1. The van der Waals surface area contributed by atoms with Gasteiger partial charge in [0.1, 0.15) is 11.4 Å². The van der Waals surface area contributed by atoms with Gasteiger partial charge in [-0.2, -0.15) is 5.26 Å². The molecule has 4 heteroatoms. The summed E-state index contributed by atoms with van der Waals surface area (Å²) >= 11 is 0. The second kappa shape index (κ2) is 5.97. The topological polar surface area (TPSA) is 84.5 Å². The molecule has 4 nitrogen and oxygen atoms in total. The van der Waals surface area contributed by atoms with Crippen LogP contribution in [-0.2, 0) is 6.42 Å². The van der Waals surface area contributed by atoms with Crippen molar-refractivity contribution in [1.29, 1.82) is 5.26 Å². The van der Waals surface area contributed by atoms with Gasteiger partial charge in [0.05, 0.1) is 18.6 Å². The molecule has 140 valence electrons. The summed E-state index contributed by atoms with van der Waals surface area (Å²) in [6.07, 6.45) is 3.56. The third kappa shape index (κ3) is 2.20. The summed E-state index contributed by atoms with van der Waals surface area (Å²) in [4.78, 5) is 0. The number of nitrogens with zero attached hydrogens (tertiary/aromatic N) is 1. The molecule has 1 aromatic rings. The molecule has 0 radical (unpaired) electrons. The minimum absolute atomic E-state index is 0.000549. The van der Waals surface area contributed by atoms with Crippen LogP contribution in [0.5, 0.6) is 5.75 Å². The molecule has 0 amide bonds. The Morgan fingerprint density at radius 3 is 2.81 bits per heavy atom. The van der Waals surface area contributed by atoms with Crippen LogP contribution in [0.25, 0.3) is 0 Å². The Kier molecular flexibility index (Phi) is 4.09. The number of phenols is 1. The lowest BCUT2D eigenvalue weighted by Gasteiger charge is -2.56. The molecule has 0 aromatic heterocycles. The maximum Gasteiger partial charge on any atom is 0.115 e. The molecule has 4 rings (SSSR count). The molecule has 3 aliphatic rings. The Hall–Kier alpha value is -1.57. The number of hydrogen-bond acceptors (Lipinski definition) is 4. The fourth-order valence-corrected chi connectivity index (χ4v) is 6.80. The lowest BCUT2D eigenvalue weighted by molar-refractivity contribution is -0.148. The van der Waals surface area contributed by atoms with Crippen LogP contribution in [0.2, 0.25) is 0 Å². The second-order valence-corrected chi connectivity index (χ2v) is 9.02. The van der Waals surface area contributed by atoms with Gasteiger partial charge < -0.3 is 15.3 Å². The number of aliphatic hydroxyl groups is 2. The summed E-state index contributed by atoms with van der Waals surface area (Å²) in [5, 5.41) is 41.2. The van der Waals surface area contributed by atoms with Crippen molar-refractivity contribution in [3.8, 4) is 11.8 Å². The number of benzene rings is 1. The molecule has 7 atom stereocenters. The summed E-state index contributed by atoms with van der Waals surface area (Å²) in [6, 6.07) is 7.90. The van der Waals surface area contributed by atoms with Crippen LogP contribution >= 0.6 is 0 Å². The van der Waals surface area contributed by atoms with E-state index < -0.39 is 17.1 Å². The van der Waals surface area contributed by atoms with E-state index in [2.05, 4.69) is 26.0 Å². The van der Waals surface area contributed by atoms with Crippen molar-refractivity contribution in [3.05, 3.63) is 29.3 Å². The molecule has 0 aliphatic heterocycles. The monoisotopic (exact) mass is 355 g/mol. The fraction of sp³-hybridized carbons (Fsp3) is 0.682. The number of aryl methyl sites for hydroxylation is 1. The van der Waals surface area contributed by atoms with E-state index in [-0.39, 0.29) is 12.3 Å². The molecule has 0 bridgehead atoms. The van der Waals surface area contributed by atoms with Crippen LogP contribution in [0.3, 0.4) is 0 Å². The number of phenolic OH excluding ortho intramolecular Hbond substituents is 1. The second-order valence-electron chi connectivity index (χ2n) is 9.02. The largest absolute Gasteiger partial charge is 0.508 e. The molecule has 0 saturated heterocycles. The highest BCUT2D eigenvalue weighted by molar-refractivity contribution is 5.41. The van der Waals surface area contributed by atoms with E-state index in [0.717, 1.165) is 25.7 Å². The van der Waals surface area contributed by atoms with E-state index in [1.54, 1.807) is 6.07 Å². The number of fused-ring (bicyclic) bond motifs is 5. The van der Waals surface area contributed by atoms with Crippen molar-refractivity contribution in [1.82, 2.24) is 0 Å². The van der Waals surface area contributed by atoms with Gasteiger partial charge in [0.25, 0.3) is 0 Å². The van der Waals surface area contributed by atoms with Crippen LogP contribution < -0.4 is 0 Å². The zero-order chi connectivity index (χ0) is 18.7. The Morgan fingerprint density at radius 2 is 2.12 bits per heavy atom. The van der Waals surface area contributed by atoms with E-state index >= 15 is 0 Å². The smallest absolute Gasteiger partial charge is 0.115 e. The van der Waals surface area contributed by atoms with Gasteiger partial charge in [-0.1, -0.05) is 26.3 Å². The zero-order valence-corrected chi connectivity index (χ0v) is 15.7. The summed E-state index contributed by atoms with van der Waals surface area (Å²) in [5.74, 6) is 1.80. The first kappa shape index (κ1) is 17.8. The summed E-state index contributed by atoms with van der Waals surface area (Å²) < 4.78 is 0. The van der Waals surface area contributed by atoms with Crippen molar-refractivity contribution in [2.75, 3.05) is 0 Å². The molecule has 0 spiro atoms. The highest BCUT2D eigenvalue weighted by atomic mass is 16.3. The lowest BCUT2D eigenvalue weighted by Crippen LogP contribution is -2.55. The predicted molar refractivity (Wildman–Crippen MR) is 98.5 cm³/mol. The van der Waals surface area contributed by atoms with Crippen LogP contribution in [0.15, 0.2) is 18.2 Å². The number of rotatable bonds is 2. The van der Waals surface area contributed by atoms with E-state index in [4.69, 9.17) is 0 Å². The first-order valence-electron chi connectivity index (χ1n) is 9.95. The summed E-state index contributed by atoms with van der Waals surface area (Å²) in [6.45, 7) is 4.31. The maximum absolute atomic E-state index is 11.3. The SMILES string of the molecule is CC[C@H]1C[C@@]2(C)[C@@H](C[C@@H](O)[C@]2(O)CC#N)[C@@H]2CCc3cc(O)ccc3[C@@H]12. The number of aliphatic hydroxyl groups excluding tert-OH is 1. The number of hydrogen-bond donors (Lipinski definition) is 3. The van der Waals surface area contributed by atoms with Crippen LogP contribution in [0.1, 0.15) is 63.0 Å². The van der Waals surface area contributed by atoms with E-state index in [9.17, 15) is 20.6 Å². The fourth-order valence-electron chi connectivity index (χ4n) is 6.80. The molecular weight excluding hydrogens is 326 g/mol. The summed E-state index contributed by atoms with van der Waals surface area (Å²) in [7, 11) is 0. The quantitative estimate of drug-likeness (QED) is 0.758. The van der Waals surface area contributed by atoms with Gasteiger partial charge in [-0.3, -0.25) is 0 Å². The molecule has 2 saturated carbocycles. The van der Waals surface area contributed by atoms with Gasteiger partial charge in [0, 0.05) is 5.41 Å². The van der Waals surface area contributed by atoms with E-state index in [1.165, 1.54) is 11.1 Å². The minimum Gasteiger partial charge on any atom is -0.508 e. The predicted octanol–water partition coefficient (Wildman–Crippen LogP) is 3.50. The zero-order valence-electron chi connectivity index (χ0n) is 15.7. The first-order chi connectivity index (χ1) is 12.4. The highest BCUT2D eigenvalue weighted by Crippen LogP contribution is 2.66. The van der Waals surface area contributed by atoms with Gasteiger partial charge in [-0.05, 0) is 72.6 Å². The van der Waals surface area contributed by atoms with Crippen molar-refractivity contribution >= 4 is 0 Å². The molecule has 2 fully saturated rings. The van der Waals surface area contributed by atoms with Crippen molar-refractivity contribution in [3.63, 3.8) is 0 Å². The van der Waals surface area contributed by atoms with Crippen LogP contribution in [0.4, 0.5) is 0 Å². The van der Waals surface area contributed by atoms with Gasteiger partial charge >= 0.3 is 0 Å². The Bertz CT molecular complexity index is 756. The molecule has 0 unspecified atom stereocenters.